The minimum Gasteiger partial charge on any atom is -0.467 e. The molecule has 1 spiro atoms. The van der Waals surface area contributed by atoms with E-state index in [1.165, 1.54) is 13.5 Å². The summed E-state index contributed by atoms with van der Waals surface area (Å²) < 4.78 is 10.7. The quantitative estimate of drug-likeness (QED) is 0.509. The maximum Gasteiger partial charge on any atom is 0.340 e. The summed E-state index contributed by atoms with van der Waals surface area (Å²) in [6.07, 6.45) is 3.13. The van der Waals surface area contributed by atoms with Gasteiger partial charge in [0.2, 0.25) is 0 Å². The minimum absolute atomic E-state index is 0.225. The highest BCUT2D eigenvalue weighted by Crippen LogP contribution is 2.61. The summed E-state index contributed by atoms with van der Waals surface area (Å²) in [5, 5.41) is 0. The van der Waals surface area contributed by atoms with Gasteiger partial charge >= 0.3 is 5.97 Å². The van der Waals surface area contributed by atoms with Gasteiger partial charge in [-0.2, -0.15) is 0 Å². The SMILES string of the molecule is COC(=O)C1(C)OC12CC(C)CC(C)(C)C2. The van der Waals surface area contributed by atoms with E-state index in [1.807, 2.05) is 6.92 Å². The molecule has 1 heterocycles. The summed E-state index contributed by atoms with van der Waals surface area (Å²) in [4.78, 5) is 11.7. The Bertz CT molecular complexity index is 323. The maximum atomic E-state index is 11.7. The molecule has 1 saturated heterocycles. The lowest BCUT2D eigenvalue weighted by atomic mass is 9.65. The van der Waals surface area contributed by atoms with Crippen LogP contribution < -0.4 is 0 Å². The second-order valence-electron chi connectivity index (χ2n) is 6.48. The Labute approximate surface area is 97.5 Å². The molecule has 1 saturated carbocycles. The number of ether oxygens (including phenoxy) is 2. The molecule has 2 fully saturated rings. The van der Waals surface area contributed by atoms with Gasteiger partial charge in [-0.3, -0.25) is 0 Å². The molecule has 3 heteroatoms. The smallest absolute Gasteiger partial charge is 0.340 e. The zero-order valence-corrected chi connectivity index (χ0v) is 10.9. The molecule has 1 aliphatic carbocycles. The van der Waals surface area contributed by atoms with Crippen molar-refractivity contribution in [3.8, 4) is 0 Å². The van der Waals surface area contributed by atoms with E-state index in [1.54, 1.807) is 0 Å². The molecule has 0 amide bonds. The topological polar surface area (TPSA) is 38.8 Å². The van der Waals surface area contributed by atoms with E-state index in [4.69, 9.17) is 9.47 Å². The maximum absolute atomic E-state index is 11.7. The molecule has 1 aliphatic heterocycles. The number of epoxide rings is 1. The first kappa shape index (κ1) is 11.9. The van der Waals surface area contributed by atoms with Crippen LogP contribution >= 0.6 is 0 Å². The molecule has 0 aromatic carbocycles. The van der Waals surface area contributed by atoms with Gasteiger partial charge in [0, 0.05) is 0 Å². The first-order valence-corrected chi connectivity index (χ1v) is 6.03. The largest absolute Gasteiger partial charge is 0.467 e. The Balaban J connectivity index is 2.20. The number of hydrogen-bond acceptors (Lipinski definition) is 3. The van der Waals surface area contributed by atoms with Crippen LogP contribution in [0.3, 0.4) is 0 Å². The highest BCUT2D eigenvalue weighted by atomic mass is 16.7. The fourth-order valence-electron chi connectivity index (χ4n) is 3.72. The van der Waals surface area contributed by atoms with Crippen molar-refractivity contribution in [2.24, 2.45) is 11.3 Å². The van der Waals surface area contributed by atoms with Gasteiger partial charge in [-0.05, 0) is 37.5 Å². The second-order valence-corrected chi connectivity index (χ2v) is 6.48. The normalized spacial score (nSPS) is 45.4. The summed E-state index contributed by atoms with van der Waals surface area (Å²) in [5.41, 5.74) is -0.710. The molecule has 0 bridgehead atoms. The number of carbonyl (C=O) groups excluding carboxylic acids is 1. The van der Waals surface area contributed by atoms with Gasteiger partial charge in [-0.25, -0.2) is 4.79 Å². The van der Waals surface area contributed by atoms with Gasteiger partial charge in [0.05, 0.1) is 7.11 Å². The second kappa shape index (κ2) is 3.22. The summed E-state index contributed by atoms with van der Waals surface area (Å²) in [7, 11) is 1.43. The highest BCUT2D eigenvalue weighted by Gasteiger charge is 2.74. The van der Waals surface area contributed by atoms with Crippen molar-refractivity contribution >= 4 is 5.97 Å². The standard InChI is InChI=1S/C13H22O3/c1-9-6-11(2,3)8-13(7-9)12(4,16-13)10(14)15-5/h9H,6-8H2,1-5H3. The van der Waals surface area contributed by atoms with Crippen LogP contribution in [0.15, 0.2) is 0 Å². The Morgan fingerprint density at radius 2 is 1.94 bits per heavy atom. The zero-order chi connectivity index (χ0) is 12.2. The van der Waals surface area contributed by atoms with E-state index >= 15 is 0 Å². The van der Waals surface area contributed by atoms with Crippen molar-refractivity contribution in [1.82, 2.24) is 0 Å². The number of hydrogen-bond donors (Lipinski definition) is 0. The molecule has 3 atom stereocenters. The molecular weight excluding hydrogens is 204 g/mol. The van der Waals surface area contributed by atoms with Gasteiger partial charge in [0.1, 0.15) is 5.60 Å². The fraction of sp³-hybridized carbons (Fsp3) is 0.923. The van der Waals surface area contributed by atoms with Crippen LogP contribution in [0.1, 0.15) is 47.0 Å². The monoisotopic (exact) mass is 226 g/mol. The van der Waals surface area contributed by atoms with Crippen molar-refractivity contribution in [3.05, 3.63) is 0 Å². The summed E-state index contributed by atoms with van der Waals surface area (Å²) in [6.45, 7) is 8.61. The van der Waals surface area contributed by atoms with Gasteiger partial charge in [-0.1, -0.05) is 20.8 Å². The predicted molar refractivity (Wildman–Crippen MR) is 61.0 cm³/mol. The number of rotatable bonds is 1. The van der Waals surface area contributed by atoms with E-state index in [0.29, 0.717) is 5.92 Å². The van der Waals surface area contributed by atoms with Crippen LogP contribution in [-0.2, 0) is 14.3 Å². The molecule has 0 radical (unpaired) electrons. The van der Waals surface area contributed by atoms with Crippen molar-refractivity contribution in [2.45, 2.75) is 58.2 Å². The lowest BCUT2D eigenvalue weighted by Gasteiger charge is -2.38. The van der Waals surface area contributed by atoms with E-state index in [9.17, 15) is 4.79 Å². The molecule has 0 aromatic rings. The molecular formula is C13H22O3. The van der Waals surface area contributed by atoms with E-state index in [-0.39, 0.29) is 17.0 Å². The van der Waals surface area contributed by atoms with Crippen molar-refractivity contribution in [3.63, 3.8) is 0 Å². The van der Waals surface area contributed by atoms with Crippen molar-refractivity contribution in [1.29, 1.82) is 0 Å². The number of methoxy groups -OCH3 is 1. The van der Waals surface area contributed by atoms with Crippen LogP contribution in [0, 0.1) is 11.3 Å². The van der Waals surface area contributed by atoms with Gasteiger partial charge in [-0.15, -0.1) is 0 Å². The summed E-state index contributed by atoms with van der Waals surface area (Å²) in [6, 6.07) is 0. The molecule has 3 nitrogen and oxygen atoms in total. The summed E-state index contributed by atoms with van der Waals surface area (Å²) in [5.74, 6) is 0.382. The zero-order valence-electron chi connectivity index (χ0n) is 10.9. The average Bonchev–Trinajstić information content (AvgIpc) is 2.65. The third-order valence-corrected chi connectivity index (χ3v) is 4.15. The minimum atomic E-state index is -0.701. The van der Waals surface area contributed by atoms with Crippen LogP contribution in [-0.4, -0.2) is 24.3 Å². The Morgan fingerprint density at radius 1 is 1.31 bits per heavy atom. The van der Waals surface area contributed by atoms with Crippen LogP contribution in [0.5, 0.6) is 0 Å². The third kappa shape index (κ3) is 1.56. The molecule has 3 unspecified atom stereocenters. The van der Waals surface area contributed by atoms with Gasteiger partial charge in [0.15, 0.2) is 5.60 Å². The first-order chi connectivity index (χ1) is 7.25. The third-order valence-electron chi connectivity index (χ3n) is 4.15. The molecule has 92 valence electrons. The first-order valence-electron chi connectivity index (χ1n) is 6.03. The van der Waals surface area contributed by atoms with E-state index in [2.05, 4.69) is 20.8 Å². The number of carbonyl (C=O) groups is 1. The Morgan fingerprint density at radius 3 is 2.44 bits per heavy atom. The van der Waals surface area contributed by atoms with Crippen molar-refractivity contribution < 1.29 is 14.3 Å². The lowest BCUT2D eigenvalue weighted by Crippen LogP contribution is -2.41. The fourth-order valence-corrected chi connectivity index (χ4v) is 3.72. The number of esters is 1. The Kier molecular flexibility index (Phi) is 2.40. The van der Waals surface area contributed by atoms with E-state index in [0.717, 1.165) is 12.8 Å². The average molecular weight is 226 g/mol. The highest BCUT2D eigenvalue weighted by molar-refractivity contribution is 5.84. The lowest BCUT2D eigenvalue weighted by molar-refractivity contribution is -0.146. The molecule has 0 aromatic heterocycles. The van der Waals surface area contributed by atoms with Gasteiger partial charge in [0.25, 0.3) is 0 Å². The van der Waals surface area contributed by atoms with Gasteiger partial charge < -0.3 is 9.47 Å². The van der Waals surface area contributed by atoms with Crippen LogP contribution in [0.25, 0.3) is 0 Å². The Hall–Kier alpha value is -0.570. The predicted octanol–water partition coefficient (Wildman–Crippen LogP) is 2.53. The molecule has 2 rings (SSSR count). The molecule has 0 N–H and O–H groups in total. The molecule has 16 heavy (non-hydrogen) atoms. The van der Waals surface area contributed by atoms with Crippen LogP contribution in [0.4, 0.5) is 0 Å². The summed E-state index contributed by atoms with van der Waals surface area (Å²) >= 11 is 0. The molecule has 2 aliphatic rings. The van der Waals surface area contributed by atoms with Crippen LogP contribution in [0.2, 0.25) is 0 Å². The van der Waals surface area contributed by atoms with Crippen molar-refractivity contribution in [2.75, 3.05) is 7.11 Å². The van der Waals surface area contributed by atoms with E-state index < -0.39 is 5.60 Å².